The predicted octanol–water partition coefficient (Wildman–Crippen LogP) is 2.27. The van der Waals surface area contributed by atoms with Crippen molar-refractivity contribution in [2.45, 2.75) is 25.7 Å². The molecule has 2 heterocycles. The molecule has 3 N–H and O–H groups in total. The maximum Gasteiger partial charge on any atom is 0.321 e. The molecule has 6 nitrogen and oxygen atoms in total. The topological polar surface area (TPSA) is 78.7 Å². The van der Waals surface area contributed by atoms with E-state index < -0.39 is 5.82 Å². The lowest BCUT2D eigenvalue weighted by atomic mass is 9.92. The zero-order valence-corrected chi connectivity index (χ0v) is 15.0. The normalized spacial score (nSPS) is 20.1. The van der Waals surface area contributed by atoms with Crippen molar-refractivity contribution in [1.82, 2.24) is 9.80 Å². The molecule has 0 atom stereocenters. The Balaban J connectivity index is 1.41. The first-order valence-corrected chi connectivity index (χ1v) is 9.35. The Morgan fingerprint density at radius 3 is 2.35 bits per heavy atom. The number of nitrogens with two attached hydrogens (primary N) is 1. The van der Waals surface area contributed by atoms with Crippen LogP contribution in [-0.4, -0.2) is 54.5 Å². The molecule has 0 radical (unpaired) electrons. The summed E-state index contributed by atoms with van der Waals surface area (Å²) in [7, 11) is 0. The van der Waals surface area contributed by atoms with E-state index in [1.54, 1.807) is 23.1 Å². The van der Waals surface area contributed by atoms with Gasteiger partial charge in [0.1, 0.15) is 5.82 Å². The van der Waals surface area contributed by atoms with E-state index in [-0.39, 0.29) is 23.5 Å². The number of primary amides is 1. The number of hydrogen-bond donors (Lipinski definition) is 2. The van der Waals surface area contributed by atoms with Crippen LogP contribution in [0.3, 0.4) is 0 Å². The molecule has 3 amide bonds. The summed E-state index contributed by atoms with van der Waals surface area (Å²) >= 11 is 0. The summed E-state index contributed by atoms with van der Waals surface area (Å²) in [6.07, 6.45) is 3.58. The van der Waals surface area contributed by atoms with Gasteiger partial charge in [0.05, 0.1) is 5.69 Å². The second-order valence-corrected chi connectivity index (χ2v) is 7.32. The molecule has 2 saturated heterocycles. The van der Waals surface area contributed by atoms with Gasteiger partial charge in [-0.05, 0) is 56.8 Å². The Labute approximate surface area is 153 Å². The van der Waals surface area contributed by atoms with E-state index in [9.17, 15) is 14.0 Å². The number of nitrogens with one attached hydrogen (secondary N) is 1. The van der Waals surface area contributed by atoms with Crippen LogP contribution in [0.2, 0.25) is 0 Å². The standard InChI is InChI=1S/C19H27FN4O2/c20-16-3-1-2-4-17(16)22-19(26)24-11-5-14(6-12-24)13-23-9-7-15(8-10-23)18(21)25/h1-4,14-15H,5-13H2,(H2,21,25)(H,22,26). The number of benzene rings is 1. The van der Waals surface area contributed by atoms with Gasteiger partial charge in [0.15, 0.2) is 0 Å². The lowest BCUT2D eigenvalue weighted by Gasteiger charge is -2.37. The zero-order chi connectivity index (χ0) is 18.5. The fraction of sp³-hybridized carbons (Fsp3) is 0.579. The highest BCUT2D eigenvalue weighted by Gasteiger charge is 2.27. The summed E-state index contributed by atoms with van der Waals surface area (Å²) in [5.41, 5.74) is 5.60. The van der Waals surface area contributed by atoms with E-state index in [1.807, 2.05) is 0 Å². The number of urea groups is 1. The van der Waals surface area contributed by atoms with Crippen molar-refractivity contribution in [2.75, 3.05) is 38.0 Å². The third-order valence-corrected chi connectivity index (χ3v) is 5.52. The van der Waals surface area contributed by atoms with Crippen molar-refractivity contribution in [3.8, 4) is 0 Å². The molecule has 1 aromatic rings. The summed E-state index contributed by atoms with van der Waals surface area (Å²) < 4.78 is 13.6. The molecule has 1 aromatic carbocycles. The molecule has 0 aliphatic carbocycles. The fourth-order valence-corrected chi connectivity index (χ4v) is 3.84. The summed E-state index contributed by atoms with van der Waals surface area (Å²) in [5, 5.41) is 2.65. The maximum absolute atomic E-state index is 13.6. The van der Waals surface area contributed by atoms with Crippen molar-refractivity contribution >= 4 is 17.6 Å². The zero-order valence-electron chi connectivity index (χ0n) is 15.0. The first-order chi connectivity index (χ1) is 12.5. The second kappa shape index (κ2) is 8.49. The van der Waals surface area contributed by atoms with E-state index in [2.05, 4.69) is 10.2 Å². The van der Waals surface area contributed by atoms with Crippen LogP contribution in [0.5, 0.6) is 0 Å². The minimum absolute atomic E-state index is 0.0233. The Hall–Kier alpha value is -2.15. The van der Waals surface area contributed by atoms with E-state index in [4.69, 9.17) is 5.73 Å². The third-order valence-electron chi connectivity index (χ3n) is 5.52. The highest BCUT2D eigenvalue weighted by molar-refractivity contribution is 5.89. The summed E-state index contributed by atoms with van der Waals surface area (Å²) in [6, 6.07) is 5.96. The fourth-order valence-electron chi connectivity index (χ4n) is 3.84. The summed E-state index contributed by atoms with van der Waals surface area (Å²) in [6.45, 7) is 4.21. The number of hydrogen-bond acceptors (Lipinski definition) is 3. The number of halogens is 1. The number of carbonyl (C=O) groups excluding carboxylic acids is 2. The molecule has 2 fully saturated rings. The highest BCUT2D eigenvalue weighted by atomic mass is 19.1. The molecule has 3 rings (SSSR count). The van der Waals surface area contributed by atoms with E-state index in [0.717, 1.165) is 45.3 Å². The Morgan fingerprint density at radius 2 is 1.73 bits per heavy atom. The van der Waals surface area contributed by atoms with Gasteiger partial charge in [-0.2, -0.15) is 0 Å². The van der Waals surface area contributed by atoms with Gasteiger partial charge in [0.25, 0.3) is 0 Å². The quantitative estimate of drug-likeness (QED) is 0.862. The lowest BCUT2D eigenvalue weighted by Crippen LogP contribution is -2.45. The number of carbonyl (C=O) groups is 2. The number of anilines is 1. The molecule has 2 aliphatic heterocycles. The number of piperidine rings is 2. The molecule has 7 heteroatoms. The first kappa shape index (κ1) is 18.6. The third kappa shape index (κ3) is 4.72. The van der Waals surface area contributed by atoms with Crippen molar-refractivity contribution in [3.63, 3.8) is 0 Å². The van der Waals surface area contributed by atoms with Crippen molar-refractivity contribution in [2.24, 2.45) is 17.6 Å². The van der Waals surface area contributed by atoms with Gasteiger partial charge < -0.3 is 20.9 Å². The van der Waals surface area contributed by atoms with E-state index in [0.29, 0.717) is 19.0 Å². The molecular weight excluding hydrogens is 335 g/mol. The Kier molecular flexibility index (Phi) is 6.08. The SMILES string of the molecule is NC(=O)C1CCN(CC2CCN(C(=O)Nc3ccccc3F)CC2)CC1. The van der Waals surface area contributed by atoms with Crippen LogP contribution in [0.4, 0.5) is 14.9 Å². The molecule has 0 saturated carbocycles. The van der Waals surface area contributed by atoms with Gasteiger partial charge in [0.2, 0.25) is 5.91 Å². The average Bonchev–Trinajstić information content (AvgIpc) is 2.64. The summed E-state index contributed by atoms with van der Waals surface area (Å²) in [4.78, 5) is 27.7. The molecular formula is C19H27FN4O2. The molecule has 142 valence electrons. The van der Waals surface area contributed by atoms with Gasteiger partial charge in [-0.3, -0.25) is 4.79 Å². The van der Waals surface area contributed by atoms with Crippen LogP contribution in [-0.2, 0) is 4.79 Å². The number of amides is 3. The number of para-hydroxylation sites is 1. The van der Waals surface area contributed by atoms with Gasteiger partial charge in [-0.1, -0.05) is 12.1 Å². The number of rotatable bonds is 4. The van der Waals surface area contributed by atoms with Crippen LogP contribution in [0.25, 0.3) is 0 Å². The monoisotopic (exact) mass is 362 g/mol. The second-order valence-electron chi connectivity index (χ2n) is 7.32. The number of likely N-dealkylation sites (tertiary alicyclic amines) is 2. The van der Waals surface area contributed by atoms with Gasteiger partial charge in [-0.15, -0.1) is 0 Å². The minimum atomic E-state index is -0.421. The molecule has 0 spiro atoms. The van der Waals surface area contributed by atoms with Crippen LogP contribution in [0.1, 0.15) is 25.7 Å². The van der Waals surface area contributed by atoms with Crippen molar-refractivity contribution < 1.29 is 14.0 Å². The molecule has 0 aromatic heterocycles. The van der Waals surface area contributed by atoms with Crippen LogP contribution in [0.15, 0.2) is 24.3 Å². The van der Waals surface area contributed by atoms with Gasteiger partial charge in [0, 0.05) is 25.6 Å². The van der Waals surface area contributed by atoms with Crippen molar-refractivity contribution in [3.05, 3.63) is 30.1 Å². The van der Waals surface area contributed by atoms with E-state index in [1.165, 1.54) is 6.07 Å². The highest BCUT2D eigenvalue weighted by Crippen LogP contribution is 2.23. The summed E-state index contributed by atoms with van der Waals surface area (Å²) in [5.74, 6) is -0.0262. The Bertz CT molecular complexity index is 638. The lowest BCUT2D eigenvalue weighted by molar-refractivity contribution is -0.123. The molecule has 0 bridgehead atoms. The maximum atomic E-state index is 13.6. The van der Waals surface area contributed by atoms with Gasteiger partial charge >= 0.3 is 6.03 Å². The van der Waals surface area contributed by atoms with Crippen molar-refractivity contribution in [1.29, 1.82) is 0 Å². The molecule has 2 aliphatic rings. The first-order valence-electron chi connectivity index (χ1n) is 9.35. The smallest absolute Gasteiger partial charge is 0.321 e. The van der Waals surface area contributed by atoms with E-state index >= 15 is 0 Å². The number of nitrogens with zero attached hydrogens (tertiary/aromatic N) is 2. The largest absolute Gasteiger partial charge is 0.369 e. The average molecular weight is 362 g/mol. The molecule has 26 heavy (non-hydrogen) atoms. The predicted molar refractivity (Wildman–Crippen MR) is 98.1 cm³/mol. The van der Waals surface area contributed by atoms with Gasteiger partial charge in [-0.25, -0.2) is 9.18 Å². The Morgan fingerprint density at radius 1 is 1.08 bits per heavy atom. The molecule has 0 unspecified atom stereocenters. The minimum Gasteiger partial charge on any atom is -0.369 e. The van der Waals surface area contributed by atoms with Crippen LogP contribution >= 0.6 is 0 Å². The van der Waals surface area contributed by atoms with Crippen LogP contribution < -0.4 is 11.1 Å². The van der Waals surface area contributed by atoms with Crippen LogP contribution in [0, 0.1) is 17.7 Å².